The van der Waals surface area contributed by atoms with E-state index in [2.05, 4.69) is 52.9 Å². The molecule has 1 aliphatic heterocycles. The van der Waals surface area contributed by atoms with Gasteiger partial charge in [-0.15, -0.1) is 0 Å². The van der Waals surface area contributed by atoms with Crippen LogP contribution in [0.25, 0.3) is 0 Å². The summed E-state index contributed by atoms with van der Waals surface area (Å²) < 4.78 is 5.95. The molecule has 5 heteroatoms. The monoisotopic (exact) mass is 450 g/mol. The molecule has 2 aromatic carbocycles. The molecule has 1 aliphatic rings. The topological polar surface area (TPSA) is 58.6 Å². The number of hydrogen-bond donors (Lipinski definition) is 1. The largest absolute Gasteiger partial charge is 0.483 e. The maximum absolute atomic E-state index is 12.8. The highest BCUT2D eigenvalue weighted by Crippen LogP contribution is 2.32. The highest BCUT2D eigenvalue weighted by atomic mass is 16.5. The average Bonchev–Trinajstić information content (AvgIpc) is 2.78. The van der Waals surface area contributed by atoms with Crippen molar-refractivity contribution in [3.63, 3.8) is 0 Å². The van der Waals surface area contributed by atoms with E-state index < -0.39 is 0 Å². The first-order chi connectivity index (χ1) is 15.5. The molecular formula is C28H38N2O3. The van der Waals surface area contributed by atoms with Gasteiger partial charge in [0.05, 0.1) is 0 Å². The summed E-state index contributed by atoms with van der Waals surface area (Å²) in [6, 6.07) is 14.0. The van der Waals surface area contributed by atoms with Crippen molar-refractivity contribution in [1.29, 1.82) is 0 Å². The highest BCUT2D eigenvalue weighted by molar-refractivity contribution is 5.94. The van der Waals surface area contributed by atoms with E-state index in [4.69, 9.17) is 4.74 Å². The summed E-state index contributed by atoms with van der Waals surface area (Å²) in [5.41, 5.74) is 4.13. The number of ether oxygens (including phenoxy) is 1. The van der Waals surface area contributed by atoms with Gasteiger partial charge in [0, 0.05) is 24.7 Å². The number of piperidine rings is 1. The van der Waals surface area contributed by atoms with E-state index in [1.54, 1.807) is 0 Å². The molecule has 1 heterocycles. The van der Waals surface area contributed by atoms with E-state index >= 15 is 0 Å². The second kappa shape index (κ2) is 10.4. The summed E-state index contributed by atoms with van der Waals surface area (Å²) in [5, 5.41) is 3.12. The normalized spacial score (nSPS) is 14.9. The zero-order valence-electron chi connectivity index (χ0n) is 20.9. The summed E-state index contributed by atoms with van der Waals surface area (Å²) in [4.78, 5) is 27.2. The Bertz CT molecular complexity index is 966. The van der Waals surface area contributed by atoms with E-state index in [0.717, 1.165) is 24.2 Å². The van der Waals surface area contributed by atoms with E-state index in [0.29, 0.717) is 24.6 Å². The molecule has 0 aliphatic carbocycles. The molecule has 0 saturated carbocycles. The van der Waals surface area contributed by atoms with Gasteiger partial charge in [0.15, 0.2) is 6.61 Å². The first-order valence-corrected chi connectivity index (χ1v) is 12.0. The minimum Gasteiger partial charge on any atom is -0.483 e. The van der Waals surface area contributed by atoms with Crippen LogP contribution in [-0.4, -0.2) is 42.5 Å². The first-order valence-electron chi connectivity index (χ1n) is 12.0. The van der Waals surface area contributed by atoms with Gasteiger partial charge in [0.1, 0.15) is 5.75 Å². The fraction of sp³-hybridized carbons (Fsp3) is 0.500. The molecule has 5 nitrogen and oxygen atoms in total. The van der Waals surface area contributed by atoms with Crippen molar-refractivity contribution in [1.82, 2.24) is 10.2 Å². The molecule has 0 unspecified atom stereocenters. The van der Waals surface area contributed by atoms with Crippen LogP contribution in [0.2, 0.25) is 0 Å². The van der Waals surface area contributed by atoms with Crippen LogP contribution in [0.5, 0.6) is 5.75 Å². The number of amides is 2. The van der Waals surface area contributed by atoms with Crippen LogP contribution < -0.4 is 10.1 Å². The zero-order valence-corrected chi connectivity index (χ0v) is 20.9. The number of benzene rings is 2. The number of likely N-dealkylation sites (tertiary alicyclic amines) is 1. The molecule has 1 N–H and O–H groups in total. The van der Waals surface area contributed by atoms with Gasteiger partial charge in [-0.3, -0.25) is 9.59 Å². The SMILES string of the molecule is Cc1ccc(OCC(=O)N2CCC(NC(=O)c3ccc(C(C)C)cc3)CC2)c(C(C)(C)C)c1. The van der Waals surface area contributed by atoms with Gasteiger partial charge in [-0.25, -0.2) is 0 Å². The Labute approximate surface area is 198 Å². The number of aryl methyl sites for hydroxylation is 1. The van der Waals surface area contributed by atoms with E-state index in [1.165, 1.54) is 11.1 Å². The van der Waals surface area contributed by atoms with Crippen molar-refractivity contribution in [3.05, 3.63) is 64.7 Å². The summed E-state index contributed by atoms with van der Waals surface area (Å²) in [7, 11) is 0. The molecule has 2 amide bonds. The van der Waals surface area contributed by atoms with Crippen molar-refractivity contribution >= 4 is 11.8 Å². The molecular weight excluding hydrogens is 412 g/mol. The first kappa shape index (κ1) is 24.8. The van der Waals surface area contributed by atoms with Crippen LogP contribution in [0.1, 0.15) is 80.4 Å². The van der Waals surface area contributed by atoms with Gasteiger partial charge < -0.3 is 15.0 Å². The van der Waals surface area contributed by atoms with Crippen LogP contribution in [0.15, 0.2) is 42.5 Å². The maximum atomic E-state index is 12.8. The van der Waals surface area contributed by atoms with Gasteiger partial charge in [0.2, 0.25) is 0 Å². The van der Waals surface area contributed by atoms with Crippen molar-refractivity contribution in [2.75, 3.05) is 19.7 Å². The molecule has 0 bridgehead atoms. The molecule has 0 aromatic heterocycles. The van der Waals surface area contributed by atoms with Crippen molar-refractivity contribution in [3.8, 4) is 5.75 Å². The number of carbonyl (C=O) groups excluding carboxylic acids is 2. The molecule has 1 saturated heterocycles. The number of rotatable bonds is 6. The molecule has 2 aromatic rings. The lowest BCUT2D eigenvalue weighted by Gasteiger charge is -2.32. The summed E-state index contributed by atoms with van der Waals surface area (Å²) >= 11 is 0. The Morgan fingerprint density at radius 1 is 1.06 bits per heavy atom. The lowest BCUT2D eigenvalue weighted by molar-refractivity contribution is -0.134. The molecule has 1 fully saturated rings. The molecule has 178 valence electrons. The van der Waals surface area contributed by atoms with E-state index in [1.807, 2.05) is 41.3 Å². The molecule has 0 spiro atoms. The molecule has 33 heavy (non-hydrogen) atoms. The summed E-state index contributed by atoms with van der Waals surface area (Å²) in [6.45, 7) is 14.1. The smallest absolute Gasteiger partial charge is 0.260 e. The van der Waals surface area contributed by atoms with Crippen LogP contribution in [0.3, 0.4) is 0 Å². The Kier molecular flexibility index (Phi) is 7.83. The van der Waals surface area contributed by atoms with Gasteiger partial charge in [-0.05, 0) is 60.4 Å². The predicted octanol–water partition coefficient (Wildman–Crippen LogP) is 5.22. The van der Waals surface area contributed by atoms with E-state index in [-0.39, 0.29) is 29.9 Å². The number of nitrogens with one attached hydrogen (secondary N) is 1. The fourth-order valence-electron chi connectivity index (χ4n) is 4.15. The van der Waals surface area contributed by atoms with E-state index in [9.17, 15) is 9.59 Å². The third-order valence-electron chi connectivity index (χ3n) is 6.32. The third-order valence-corrected chi connectivity index (χ3v) is 6.32. The Balaban J connectivity index is 1.49. The number of nitrogens with zero attached hydrogens (tertiary/aromatic N) is 1. The quantitative estimate of drug-likeness (QED) is 0.657. The minimum absolute atomic E-state index is 0.00974. The van der Waals surface area contributed by atoms with Gasteiger partial charge in [0.25, 0.3) is 11.8 Å². The standard InChI is InChI=1S/C28H38N2O3/c1-19(2)21-8-10-22(11-9-21)27(32)29-23-13-15-30(16-14-23)26(31)18-33-25-12-7-20(3)17-24(25)28(4,5)6/h7-12,17,19,23H,13-16,18H2,1-6H3,(H,29,32). The number of carbonyl (C=O) groups is 2. The lowest BCUT2D eigenvalue weighted by atomic mass is 9.85. The van der Waals surface area contributed by atoms with Crippen molar-refractivity contribution < 1.29 is 14.3 Å². The Morgan fingerprint density at radius 2 is 1.70 bits per heavy atom. The van der Waals surface area contributed by atoms with Crippen LogP contribution in [-0.2, 0) is 10.2 Å². The zero-order chi connectivity index (χ0) is 24.2. The lowest BCUT2D eigenvalue weighted by Crippen LogP contribution is -2.47. The van der Waals surface area contributed by atoms with Crippen molar-refractivity contribution in [2.45, 2.75) is 71.8 Å². The average molecular weight is 451 g/mol. The van der Waals surface area contributed by atoms with Crippen LogP contribution in [0, 0.1) is 6.92 Å². The van der Waals surface area contributed by atoms with Gasteiger partial charge in [-0.2, -0.15) is 0 Å². The van der Waals surface area contributed by atoms with Crippen LogP contribution >= 0.6 is 0 Å². The molecule has 0 radical (unpaired) electrons. The third kappa shape index (κ3) is 6.59. The second-order valence-electron chi connectivity index (χ2n) is 10.4. The Morgan fingerprint density at radius 3 is 2.27 bits per heavy atom. The van der Waals surface area contributed by atoms with Crippen molar-refractivity contribution in [2.24, 2.45) is 0 Å². The Hall–Kier alpha value is -2.82. The fourth-order valence-corrected chi connectivity index (χ4v) is 4.15. The van der Waals surface area contributed by atoms with Crippen LogP contribution in [0.4, 0.5) is 0 Å². The maximum Gasteiger partial charge on any atom is 0.260 e. The predicted molar refractivity (Wildman–Crippen MR) is 133 cm³/mol. The van der Waals surface area contributed by atoms with Gasteiger partial charge in [-0.1, -0.05) is 64.4 Å². The second-order valence-corrected chi connectivity index (χ2v) is 10.4. The molecule has 3 rings (SSSR count). The number of hydrogen-bond acceptors (Lipinski definition) is 3. The summed E-state index contributed by atoms with van der Waals surface area (Å²) in [5.74, 6) is 1.16. The minimum atomic E-state index is -0.0595. The summed E-state index contributed by atoms with van der Waals surface area (Å²) in [6.07, 6.45) is 1.50. The highest BCUT2D eigenvalue weighted by Gasteiger charge is 2.25. The molecule has 0 atom stereocenters. The van der Waals surface area contributed by atoms with Gasteiger partial charge >= 0.3 is 0 Å².